The molecule has 2 aliphatic rings. The average molecular weight is 230 g/mol. The van der Waals surface area contributed by atoms with Gasteiger partial charge in [-0.3, -0.25) is 0 Å². The van der Waals surface area contributed by atoms with Gasteiger partial charge in [-0.15, -0.1) is 0 Å². The topological polar surface area (TPSA) is 32.3 Å². The second-order valence-electron chi connectivity index (χ2n) is 5.07. The lowest BCUT2D eigenvalue weighted by Gasteiger charge is -2.23. The van der Waals surface area contributed by atoms with E-state index in [1.807, 2.05) is 23.1 Å². The van der Waals surface area contributed by atoms with E-state index in [4.69, 9.17) is 0 Å². The first kappa shape index (κ1) is 10.6. The summed E-state index contributed by atoms with van der Waals surface area (Å²) in [4.78, 5) is 14.0. The normalized spacial score (nSPS) is 21.3. The van der Waals surface area contributed by atoms with Gasteiger partial charge < -0.3 is 10.2 Å². The Morgan fingerprint density at radius 1 is 1.12 bits per heavy atom. The van der Waals surface area contributed by atoms with Crippen LogP contribution in [0.4, 0.5) is 4.79 Å². The van der Waals surface area contributed by atoms with E-state index in [0.29, 0.717) is 0 Å². The van der Waals surface area contributed by atoms with Gasteiger partial charge in [-0.2, -0.15) is 0 Å². The number of carbonyl (C=O) groups is 1. The van der Waals surface area contributed by atoms with Crippen molar-refractivity contribution in [2.24, 2.45) is 0 Å². The molecule has 17 heavy (non-hydrogen) atoms. The molecule has 3 rings (SSSR count). The molecule has 1 saturated heterocycles. The zero-order chi connectivity index (χ0) is 11.7. The SMILES string of the molecule is O=C(NC1(c2ccccc2)CC1)N1CCCC1. The van der Waals surface area contributed by atoms with Crippen LogP contribution in [0.15, 0.2) is 30.3 Å². The van der Waals surface area contributed by atoms with Crippen LogP contribution >= 0.6 is 0 Å². The lowest BCUT2D eigenvalue weighted by Crippen LogP contribution is -2.43. The molecule has 1 aromatic carbocycles. The fraction of sp³-hybridized carbons (Fsp3) is 0.500. The van der Waals surface area contributed by atoms with E-state index in [2.05, 4.69) is 17.4 Å². The molecule has 0 radical (unpaired) electrons. The predicted octanol–water partition coefficient (Wildman–Crippen LogP) is 2.48. The van der Waals surface area contributed by atoms with Crippen molar-refractivity contribution in [1.82, 2.24) is 10.2 Å². The number of amides is 2. The maximum Gasteiger partial charge on any atom is 0.318 e. The van der Waals surface area contributed by atoms with Gasteiger partial charge in [-0.05, 0) is 31.2 Å². The zero-order valence-corrected chi connectivity index (χ0v) is 9.98. The molecule has 1 heterocycles. The molecule has 0 unspecified atom stereocenters. The molecule has 1 saturated carbocycles. The van der Waals surface area contributed by atoms with Gasteiger partial charge in [0.1, 0.15) is 0 Å². The highest BCUT2D eigenvalue weighted by Gasteiger charge is 2.46. The van der Waals surface area contributed by atoms with Crippen LogP contribution in [0.2, 0.25) is 0 Å². The third kappa shape index (κ3) is 2.02. The second-order valence-corrected chi connectivity index (χ2v) is 5.07. The van der Waals surface area contributed by atoms with Crippen molar-refractivity contribution in [3.05, 3.63) is 35.9 Å². The van der Waals surface area contributed by atoms with Crippen molar-refractivity contribution in [3.63, 3.8) is 0 Å². The fourth-order valence-electron chi connectivity index (χ4n) is 2.57. The first-order valence-electron chi connectivity index (χ1n) is 6.43. The molecule has 1 aliphatic heterocycles. The Hall–Kier alpha value is -1.51. The van der Waals surface area contributed by atoms with Crippen LogP contribution in [0.3, 0.4) is 0 Å². The van der Waals surface area contributed by atoms with Crippen molar-refractivity contribution >= 4 is 6.03 Å². The fourth-order valence-corrected chi connectivity index (χ4v) is 2.57. The van der Waals surface area contributed by atoms with Crippen LogP contribution in [0.5, 0.6) is 0 Å². The number of hydrogen-bond acceptors (Lipinski definition) is 1. The van der Waals surface area contributed by atoms with E-state index >= 15 is 0 Å². The highest BCUT2D eigenvalue weighted by molar-refractivity contribution is 5.76. The Bertz CT molecular complexity index is 405. The van der Waals surface area contributed by atoms with Gasteiger partial charge in [0.2, 0.25) is 0 Å². The molecule has 0 spiro atoms. The van der Waals surface area contributed by atoms with Gasteiger partial charge in [-0.25, -0.2) is 4.79 Å². The molecule has 1 aliphatic carbocycles. The summed E-state index contributed by atoms with van der Waals surface area (Å²) in [7, 11) is 0. The second kappa shape index (κ2) is 4.06. The minimum Gasteiger partial charge on any atom is -0.328 e. The van der Waals surface area contributed by atoms with Crippen molar-refractivity contribution in [3.8, 4) is 0 Å². The van der Waals surface area contributed by atoms with Gasteiger partial charge in [0.05, 0.1) is 5.54 Å². The van der Waals surface area contributed by atoms with Gasteiger partial charge in [0.25, 0.3) is 0 Å². The third-order valence-electron chi connectivity index (χ3n) is 3.82. The number of benzene rings is 1. The van der Waals surface area contributed by atoms with Crippen LogP contribution in [0, 0.1) is 0 Å². The van der Waals surface area contributed by atoms with Crippen LogP contribution in [0.25, 0.3) is 0 Å². The summed E-state index contributed by atoms with van der Waals surface area (Å²) >= 11 is 0. The van der Waals surface area contributed by atoms with E-state index in [-0.39, 0.29) is 11.6 Å². The molecular formula is C14H18N2O. The molecule has 1 N–H and O–H groups in total. The molecule has 3 nitrogen and oxygen atoms in total. The molecular weight excluding hydrogens is 212 g/mol. The molecule has 2 fully saturated rings. The summed E-state index contributed by atoms with van der Waals surface area (Å²) in [6, 6.07) is 10.4. The minimum absolute atomic E-state index is 0.0685. The van der Waals surface area contributed by atoms with E-state index in [0.717, 1.165) is 38.8 Å². The van der Waals surface area contributed by atoms with E-state index in [1.54, 1.807) is 0 Å². The maximum absolute atomic E-state index is 12.1. The van der Waals surface area contributed by atoms with Crippen LogP contribution < -0.4 is 5.32 Å². The highest BCUT2D eigenvalue weighted by Crippen LogP contribution is 2.45. The Morgan fingerprint density at radius 3 is 2.35 bits per heavy atom. The van der Waals surface area contributed by atoms with E-state index in [1.165, 1.54) is 5.56 Å². The number of hydrogen-bond donors (Lipinski definition) is 1. The molecule has 0 bridgehead atoms. The van der Waals surface area contributed by atoms with Gasteiger partial charge in [0.15, 0.2) is 0 Å². The van der Waals surface area contributed by atoms with Crippen LogP contribution in [-0.2, 0) is 5.54 Å². The Morgan fingerprint density at radius 2 is 1.76 bits per heavy atom. The summed E-state index contributed by atoms with van der Waals surface area (Å²) < 4.78 is 0. The standard InChI is InChI=1S/C14H18N2O/c17-13(16-10-4-5-11-16)15-14(8-9-14)12-6-2-1-3-7-12/h1-3,6-7H,4-5,8-11H2,(H,15,17). The van der Waals surface area contributed by atoms with Crippen LogP contribution in [-0.4, -0.2) is 24.0 Å². The summed E-state index contributed by atoms with van der Waals surface area (Å²) in [5.41, 5.74) is 1.17. The molecule has 1 aromatic rings. The van der Waals surface area contributed by atoms with Gasteiger partial charge in [-0.1, -0.05) is 30.3 Å². The first-order valence-corrected chi connectivity index (χ1v) is 6.43. The van der Waals surface area contributed by atoms with Crippen molar-refractivity contribution in [2.45, 2.75) is 31.2 Å². The number of urea groups is 1. The van der Waals surface area contributed by atoms with Gasteiger partial charge in [0, 0.05) is 13.1 Å². The lowest BCUT2D eigenvalue weighted by atomic mass is 10.1. The number of rotatable bonds is 2. The average Bonchev–Trinajstić information content (AvgIpc) is 2.94. The first-order chi connectivity index (χ1) is 8.30. The zero-order valence-electron chi connectivity index (χ0n) is 9.98. The smallest absolute Gasteiger partial charge is 0.318 e. The van der Waals surface area contributed by atoms with Crippen molar-refractivity contribution in [2.75, 3.05) is 13.1 Å². The summed E-state index contributed by atoms with van der Waals surface area (Å²) in [5.74, 6) is 0. The van der Waals surface area contributed by atoms with Gasteiger partial charge >= 0.3 is 6.03 Å². The largest absolute Gasteiger partial charge is 0.328 e. The van der Waals surface area contributed by atoms with E-state index < -0.39 is 0 Å². The number of likely N-dealkylation sites (tertiary alicyclic amines) is 1. The number of nitrogens with zero attached hydrogens (tertiary/aromatic N) is 1. The number of carbonyl (C=O) groups excluding carboxylic acids is 1. The predicted molar refractivity (Wildman–Crippen MR) is 66.7 cm³/mol. The molecule has 2 amide bonds. The molecule has 3 heteroatoms. The van der Waals surface area contributed by atoms with Crippen molar-refractivity contribution in [1.29, 1.82) is 0 Å². The molecule has 0 aromatic heterocycles. The Kier molecular flexibility index (Phi) is 2.54. The third-order valence-corrected chi connectivity index (χ3v) is 3.82. The van der Waals surface area contributed by atoms with E-state index in [9.17, 15) is 4.79 Å². The Balaban J connectivity index is 1.70. The quantitative estimate of drug-likeness (QED) is 0.831. The lowest BCUT2D eigenvalue weighted by molar-refractivity contribution is 0.203. The van der Waals surface area contributed by atoms with Crippen molar-refractivity contribution < 1.29 is 4.79 Å². The Labute approximate surface area is 102 Å². The maximum atomic E-state index is 12.1. The highest BCUT2D eigenvalue weighted by atomic mass is 16.2. The number of nitrogens with one attached hydrogen (secondary N) is 1. The molecule has 90 valence electrons. The summed E-state index contributed by atoms with van der Waals surface area (Å²) in [5, 5.41) is 3.21. The molecule has 0 atom stereocenters. The summed E-state index contributed by atoms with van der Waals surface area (Å²) in [6.07, 6.45) is 4.42. The monoisotopic (exact) mass is 230 g/mol. The van der Waals surface area contributed by atoms with Crippen LogP contribution in [0.1, 0.15) is 31.2 Å². The minimum atomic E-state index is -0.0685. The summed E-state index contributed by atoms with van der Waals surface area (Å²) in [6.45, 7) is 1.83.